The first kappa shape index (κ1) is 17.6. The number of aryl methyl sites for hydroxylation is 1. The molecule has 0 unspecified atom stereocenters. The van der Waals surface area contributed by atoms with Gasteiger partial charge in [-0.1, -0.05) is 38.0 Å². The first-order chi connectivity index (χ1) is 12.1. The minimum atomic E-state index is -0.121. The van der Waals surface area contributed by atoms with Crippen LogP contribution in [-0.2, 0) is 6.54 Å². The van der Waals surface area contributed by atoms with Crippen LogP contribution in [0, 0.1) is 0 Å². The molecule has 0 saturated carbocycles. The normalized spacial score (nSPS) is 15.7. The lowest BCUT2D eigenvalue weighted by Crippen LogP contribution is -2.43. The second-order valence-corrected chi connectivity index (χ2v) is 6.76. The number of carbonyl (C=O) groups excluding carboxylic acids is 1. The highest BCUT2D eigenvalue weighted by atomic mass is 16.2. The van der Waals surface area contributed by atoms with Gasteiger partial charge in [0.2, 0.25) is 0 Å². The zero-order chi connectivity index (χ0) is 17.8. The largest absolute Gasteiger partial charge is 0.337 e. The number of unbranched alkanes of at least 4 members (excludes halogenated alkanes) is 2. The second-order valence-electron chi connectivity index (χ2n) is 6.76. The number of aromatic nitrogens is 2. The van der Waals surface area contributed by atoms with Crippen molar-refractivity contribution in [3.63, 3.8) is 0 Å². The van der Waals surface area contributed by atoms with Gasteiger partial charge in [-0.25, -0.2) is 4.68 Å². The van der Waals surface area contributed by atoms with Crippen molar-refractivity contribution < 1.29 is 4.79 Å². The molecular formula is C19H26N4O2. The van der Waals surface area contributed by atoms with Gasteiger partial charge in [-0.3, -0.25) is 9.59 Å². The molecule has 1 amide bonds. The van der Waals surface area contributed by atoms with Gasteiger partial charge in [-0.2, -0.15) is 5.10 Å². The van der Waals surface area contributed by atoms with Crippen molar-refractivity contribution in [2.24, 2.45) is 5.73 Å². The zero-order valence-electron chi connectivity index (χ0n) is 14.8. The monoisotopic (exact) mass is 342 g/mol. The average Bonchev–Trinajstić information content (AvgIpc) is 2.64. The van der Waals surface area contributed by atoms with Crippen LogP contribution < -0.4 is 11.3 Å². The third-order valence-electron chi connectivity index (χ3n) is 4.87. The predicted octanol–water partition coefficient (Wildman–Crippen LogP) is 2.15. The minimum absolute atomic E-state index is 0.104. The summed E-state index contributed by atoms with van der Waals surface area (Å²) in [5, 5.41) is 5.65. The number of hydrogen-bond donors (Lipinski definition) is 1. The fourth-order valence-electron chi connectivity index (χ4n) is 3.31. The molecule has 1 aliphatic heterocycles. The Morgan fingerprint density at radius 3 is 2.56 bits per heavy atom. The van der Waals surface area contributed by atoms with Gasteiger partial charge in [0.05, 0.1) is 5.39 Å². The summed E-state index contributed by atoms with van der Waals surface area (Å²) in [6.45, 7) is 3.95. The van der Waals surface area contributed by atoms with Gasteiger partial charge < -0.3 is 10.6 Å². The Morgan fingerprint density at radius 2 is 1.88 bits per heavy atom. The number of amides is 1. The van der Waals surface area contributed by atoms with Crippen molar-refractivity contribution in [2.75, 3.05) is 13.1 Å². The molecule has 1 aromatic carbocycles. The van der Waals surface area contributed by atoms with Crippen LogP contribution >= 0.6 is 0 Å². The molecule has 134 valence electrons. The first-order valence-electron chi connectivity index (χ1n) is 9.16. The molecule has 25 heavy (non-hydrogen) atoms. The van der Waals surface area contributed by atoms with Crippen LogP contribution in [0.5, 0.6) is 0 Å². The summed E-state index contributed by atoms with van der Waals surface area (Å²) in [5.74, 6) is -0.104. The molecule has 0 bridgehead atoms. The molecule has 6 heteroatoms. The van der Waals surface area contributed by atoms with Crippen molar-refractivity contribution >= 4 is 16.7 Å². The highest BCUT2D eigenvalue weighted by molar-refractivity contribution is 6.04. The number of likely N-dealkylation sites (tertiary alicyclic amines) is 1. The highest BCUT2D eigenvalue weighted by Gasteiger charge is 2.25. The Hall–Kier alpha value is -2.21. The first-order valence-corrected chi connectivity index (χ1v) is 9.16. The SMILES string of the molecule is CCCCCn1nc(C(=O)N2CCC(N)CC2)c2ccccc2c1=O. The van der Waals surface area contributed by atoms with Crippen molar-refractivity contribution in [3.8, 4) is 0 Å². The Labute approximate surface area is 147 Å². The van der Waals surface area contributed by atoms with Crippen LogP contribution in [0.25, 0.3) is 10.8 Å². The fraction of sp³-hybridized carbons (Fsp3) is 0.526. The van der Waals surface area contributed by atoms with Gasteiger partial charge in [-0.15, -0.1) is 0 Å². The molecule has 1 aromatic heterocycles. The van der Waals surface area contributed by atoms with E-state index in [0.29, 0.717) is 36.1 Å². The van der Waals surface area contributed by atoms with Crippen molar-refractivity contribution in [1.29, 1.82) is 0 Å². The topological polar surface area (TPSA) is 81.2 Å². The van der Waals surface area contributed by atoms with Crippen molar-refractivity contribution in [3.05, 3.63) is 40.3 Å². The van der Waals surface area contributed by atoms with E-state index in [4.69, 9.17) is 5.73 Å². The molecule has 6 nitrogen and oxygen atoms in total. The lowest BCUT2D eigenvalue weighted by molar-refractivity contribution is 0.0708. The molecule has 1 saturated heterocycles. The van der Waals surface area contributed by atoms with Gasteiger partial charge in [0.25, 0.3) is 11.5 Å². The smallest absolute Gasteiger partial charge is 0.274 e. The van der Waals surface area contributed by atoms with Gasteiger partial charge in [0.1, 0.15) is 0 Å². The van der Waals surface area contributed by atoms with Crippen LogP contribution in [0.3, 0.4) is 0 Å². The summed E-state index contributed by atoms with van der Waals surface area (Å²) < 4.78 is 1.46. The molecule has 1 fully saturated rings. The Bertz CT molecular complexity index is 807. The fourth-order valence-corrected chi connectivity index (χ4v) is 3.31. The Balaban J connectivity index is 1.99. The second kappa shape index (κ2) is 7.78. The maximum absolute atomic E-state index is 13.0. The zero-order valence-corrected chi connectivity index (χ0v) is 14.8. The van der Waals surface area contributed by atoms with Crippen LogP contribution in [0.1, 0.15) is 49.5 Å². The van der Waals surface area contributed by atoms with E-state index in [9.17, 15) is 9.59 Å². The third kappa shape index (κ3) is 3.74. The van der Waals surface area contributed by atoms with Crippen molar-refractivity contribution in [1.82, 2.24) is 14.7 Å². The summed E-state index contributed by atoms with van der Waals surface area (Å²) in [5.41, 5.74) is 6.19. The van der Waals surface area contributed by atoms with E-state index >= 15 is 0 Å². The molecular weight excluding hydrogens is 316 g/mol. The van der Waals surface area contributed by atoms with E-state index in [1.54, 1.807) is 11.0 Å². The summed E-state index contributed by atoms with van der Waals surface area (Å²) in [4.78, 5) is 27.5. The third-order valence-corrected chi connectivity index (χ3v) is 4.87. The summed E-state index contributed by atoms with van der Waals surface area (Å²) in [6.07, 6.45) is 4.60. The number of fused-ring (bicyclic) bond motifs is 1. The number of nitrogens with zero attached hydrogens (tertiary/aromatic N) is 3. The number of nitrogens with two attached hydrogens (primary N) is 1. The number of hydrogen-bond acceptors (Lipinski definition) is 4. The molecule has 0 aliphatic carbocycles. The number of rotatable bonds is 5. The van der Waals surface area contributed by atoms with E-state index in [1.807, 2.05) is 18.2 Å². The number of carbonyl (C=O) groups is 1. The van der Waals surface area contributed by atoms with Gasteiger partial charge >= 0.3 is 0 Å². The molecule has 0 spiro atoms. The maximum Gasteiger partial charge on any atom is 0.274 e. The summed E-state index contributed by atoms with van der Waals surface area (Å²) in [7, 11) is 0. The van der Waals surface area contributed by atoms with Gasteiger partial charge in [-0.05, 0) is 25.3 Å². The average molecular weight is 342 g/mol. The van der Waals surface area contributed by atoms with Gasteiger partial charge in [0.15, 0.2) is 5.69 Å². The molecule has 0 radical (unpaired) electrons. The minimum Gasteiger partial charge on any atom is -0.337 e. The van der Waals surface area contributed by atoms with E-state index in [-0.39, 0.29) is 17.5 Å². The maximum atomic E-state index is 13.0. The number of piperidine rings is 1. The molecule has 0 atom stereocenters. The van der Waals surface area contributed by atoms with Crippen LogP contribution in [0.2, 0.25) is 0 Å². The van der Waals surface area contributed by atoms with Gasteiger partial charge in [0, 0.05) is 31.1 Å². The Morgan fingerprint density at radius 1 is 1.20 bits per heavy atom. The Kier molecular flexibility index (Phi) is 5.48. The van der Waals surface area contributed by atoms with Crippen LogP contribution in [-0.4, -0.2) is 39.7 Å². The predicted molar refractivity (Wildman–Crippen MR) is 98.6 cm³/mol. The summed E-state index contributed by atoms with van der Waals surface area (Å²) in [6, 6.07) is 7.42. The molecule has 2 N–H and O–H groups in total. The standard InChI is InChI=1S/C19H26N4O2/c1-2-3-6-11-23-18(24)16-8-5-4-7-15(16)17(21-23)19(25)22-12-9-14(20)10-13-22/h4-5,7-8,14H,2-3,6,9-13,20H2,1H3. The molecule has 2 aromatic rings. The lowest BCUT2D eigenvalue weighted by atomic mass is 10.0. The summed E-state index contributed by atoms with van der Waals surface area (Å²) >= 11 is 0. The quantitative estimate of drug-likeness (QED) is 0.844. The van der Waals surface area contributed by atoms with Crippen LogP contribution in [0.4, 0.5) is 0 Å². The lowest BCUT2D eigenvalue weighted by Gasteiger charge is -2.30. The molecule has 3 rings (SSSR count). The van der Waals surface area contributed by atoms with E-state index < -0.39 is 0 Å². The number of benzene rings is 1. The van der Waals surface area contributed by atoms with E-state index in [0.717, 1.165) is 32.1 Å². The highest BCUT2D eigenvalue weighted by Crippen LogP contribution is 2.18. The van der Waals surface area contributed by atoms with E-state index in [2.05, 4.69) is 12.0 Å². The van der Waals surface area contributed by atoms with Crippen molar-refractivity contribution in [2.45, 2.75) is 51.6 Å². The van der Waals surface area contributed by atoms with E-state index in [1.165, 1.54) is 4.68 Å². The van der Waals surface area contributed by atoms with Crippen LogP contribution in [0.15, 0.2) is 29.1 Å². The molecule has 2 heterocycles. The molecule has 1 aliphatic rings.